The molecule has 0 aromatic heterocycles. The van der Waals surface area contributed by atoms with Gasteiger partial charge in [-0.25, -0.2) is 0 Å². The maximum atomic E-state index is 12.7. The van der Waals surface area contributed by atoms with E-state index in [1.807, 2.05) is 0 Å². The van der Waals surface area contributed by atoms with Gasteiger partial charge in [0.2, 0.25) is 5.91 Å². The smallest absolute Gasteiger partial charge is 0.266 e. The lowest BCUT2D eigenvalue weighted by atomic mass is 9.43. The maximum Gasteiger partial charge on any atom is 0.266 e. The number of rotatable bonds is 15. The van der Waals surface area contributed by atoms with Gasteiger partial charge in [-0.1, -0.05) is 33.8 Å². The summed E-state index contributed by atoms with van der Waals surface area (Å²) in [6.45, 7) is 11.0. The highest BCUT2D eigenvalue weighted by atomic mass is 32.2. The molecule has 0 saturated heterocycles. The molecule has 5 unspecified atom stereocenters. The molecule has 0 radical (unpaired) electrons. The quantitative estimate of drug-likeness (QED) is 0.118. The molecule has 1 aromatic carbocycles. The van der Waals surface area contributed by atoms with Crippen molar-refractivity contribution >= 4 is 21.8 Å². The van der Waals surface area contributed by atoms with Gasteiger partial charge in [-0.15, -0.1) is 0 Å². The number of aliphatic hydroxyl groups excluding tert-OH is 1. The highest BCUT2D eigenvalue weighted by Crippen LogP contribution is 2.68. The number of benzene rings is 1. The molecule has 14 atom stereocenters. The molecule has 7 aliphatic rings. The fourth-order valence-corrected chi connectivity index (χ4v) is 15.9. The van der Waals surface area contributed by atoms with Crippen molar-refractivity contribution in [3.8, 4) is 5.75 Å². The number of aliphatic hydroxyl groups is 1. The Morgan fingerprint density at radius 2 is 1.68 bits per heavy atom. The fraction of sp³-hybridized carbons (Fsp3) is 0.837. The van der Waals surface area contributed by atoms with E-state index < -0.39 is 15.9 Å². The number of unbranched alkanes of at least 4 members (excludes halogenated alkanes) is 2. The van der Waals surface area contributed by atoms with Crippen LogP contribution < -0.4 is 10.1 Å². The minimum atomic E-state index is -4.09. The minimum absolute atomic E-state index is 0.0654. The molecular formula is C49H75NO8S. The summed E-state index contributed by atoms with van der Waals surface area (Å²) in [7, 11) is -4.09. The van der Waals surface area contributed by atoms with Gasteiger partial charge in [0, 0.05) is 31.4 Å². The van der Waals surface area contributed by atoms with Crippen molar-refractivity contribution in [2.45, 2.75) is 168 Å². The van der Waals surface area contributed by atoms with Crippen molar-refractivity contribution in [2.75, 3.05) is 25.5 Å². The number of ether oxygens (including phenoxy) is 2. The van der Waals surface area contributed by atoms with E-state index in [9.17, 15) is 23.1 Å². The van der Waals surface area contributed by atoms with E-state index in [-0.39, 0.29) is 40.9 Å². The summed E-state index contributed by atoms with van der Waals surface area (Å²) in [6.07, 6.45) is 19.6. The molecule has 9 nitrogen and oxygen atoms in total. The van der Waals surface area contributed by atoms with Gasteiger partial charge >= 0.3 is 0 Å². The molecule has 8 rings (SSSR count). The van der Waals surface area contributed by atoms with Crippen LogP contribution in [0.3, 0.4) is 0 Å². The molecule has 10 heteroatoms. The average molecular weight is 838 g/mol. The molecular weight excluding hydrogens is 763 g/mol. The highest BCUT2D eigenvalue weighted by molar-refractivity contribution is 7.85. The second-order valence-corrected chi connectivity index (χ2v) is 23.1. The van der Waals surface area contributed by atoms with Crippen LogP contribution in [0.5, 0.6) is 5.75 Å². The summed E-state index contributed by atoms with van der Waals surface area (Å²) < 4.78 is 43.8. The number of Topliss-reactive ketones (excluding diaryl/α,β-unsaturated/α-hetero) is 1. The van der Waals surface area contributed by atoms with Gasteiger partial charge in [0.05, 0.1) is 24.6 Å². The number of carbonyl (C=O) groups is 2. The number of amides is 1. The fourth-order valence-electron chi connectivity index (χ4n) is 15.5. The normalized spacial score (nSPS) is 40.5. The zero-order valence-corrected chi connectivity index (χ0v) is 37.4. The van der Waals surface area contributed by atoms with E-state index in [1.165, 1.54) is 36.8 Å². The van der Waals surface area contributed by atoms with Gasteiger partial charge in [-0.05, 0) is 197 Å². The first-order chi connectivity index (χ1) is 28.1. The van der Waals surface area contributed by atoms with Gasteiger partial charge in [0.1, 0.15) is 11.5 Å². The maximum absolute atomic E-state index is 12.7. The average Bonchev–Trinajstić information content (AvgIpc) is 3.71. The van der Waals surface area contributed by atoms with Gasteiger partial charge < -0.3 is 19.9 Å². The highest BCUT2D eigenvalue weighted by Gasteiger charge is 2.63. The number of hydrogen-bond donors (Lipinski definition) is 3. The second kappa shape index (κ2) is 17.3. The Labute approximate surface area is 355 Å². The topological polar surface area (TPSA) is 139 Å². The third-order valence-electron chi connectivity index (χ3n) is 18.7. The van der Waals surface area contributed by atoms with E-state index in [1.54, 1.807) is 0 Å². The van der Waals surface area contributed by atoms with Crippen molar-refractivity contribution in [2.24, 2.45) is 63.6 Å². The summed E-state index contributed by atoms with van der Waals surface area (Å²) in [5.41, 5.74) is 3.33. The lowest BCUT2D eigenvalue weighted by molar-refractivity contribution is -0.178. The molecule has 6 fully saturated rings. The van der Waals surface area contributed by atoms with Crippen LogP contribution >= 0.6 is 0 Å². The number of aryl methyl sites for hydroxylation is 1. The molecule has 3 N–H and O–H groups in total. The Morgan fingerprint density at radius 3 is 2.49 bits per heavy atom. The van der Waals surface area contributed by atoms with Crippen LogP contribution in [0.15, 0.2) is 18.2 Å². The summed E-state index contributed by atoms with van der Waals surface area (Å²) in [4.78, 5) is 25.2. The van der Waals surface area contributed by atoms with Crippen molar-refractivity contribution < 1.29 is 37.1 Å². The van der Waals surface area contributed by atoms with Gasteiger partial charge in [-0.2, -0.15) is 8.42 Å². The molecule has 59 heavy (non-hydrogen) atoms. The van der Waals surface area contributed by atoms with Gasteiger partial charge in [-0.3, -0.25) is 14.1 Å². The van der Waals surface area contributed by atoms with Crippen LogP contribution in [-0.4, -0.2) is 67.5 Å². The Balaban J connectivity index is 0.749. The predicted octanol–water partition coefficient (Wildman–Crippen LogP) is 9.10. The summed E-state index contributed by atoms with van der Waals surface area (Å²) in [5, 5.41) is 14.5. The molecule has 7 aliphatic carbocycles. The zero-order valence-electron chi connectivity index (χ0n) is 36.6. The Bertz CT molecular complexity index is 1800. The molecule has 330 valence electrons. The summed E-state index contributed by atoms with van der Waals surface area (Å²) in [6, 6.07) is 6.83. The Kier molecular flexibility index (Phi) is 12.8. The number of fused-ring (bicyclic) bond motifs is 10. The number of hydrogen-bond acceptors (Lipinski definition) is 7. The Morgan fingerprint density at radius 1 is 0.898 bits per heavy atom. The van der Waals surface area contributed by atoms with Crippen LogP contribution in [0.4, 0.5) is 0 Å². The molecule has 0 heterocycles. The summed E-state index contributed by atoms with van der Waals surface area (Å²) >= 11 is 0. The van der Waals surface area contributed by atoms with Crippen LogP contribution in [-0.2, 0) is 30.9 Å². The number of carbonyl (C=O) groups excluding carboxylic acids is 2. The molecule has 1 aromatic rings. The lowest BCUT2D eigenvalue weighted by Gasteiger charge is -2.62. The largest absolute Gasteiger partial charge is 0.494 e. The SMILES string of the molecule is C[C@@H](CCC(=O)NCCS(=O)(=O)O)[C@@H]1CC[C@@H]2C3[C@H](O)CC4C[C@@H](OCCCCCOc5ccc6c(c5)CCC5C6CC[C@]6(C)C(=O)CCC56)CC[C@@]4(C)[C@@H]3CC[C@]21C. The van der Waals surface area contributed by atoms with Crippen LogP contribution in [0, 0.1) is 63.6 Å². The minimum Gasteiger partial charge on any atom is -0.494 e. The van der Waals surface area contributed by atoms with E-state index in [0.29, 0.717) is 65.5 Å². The molecule has 1 amide bonds. The Hall–Kier alpha value is -2.01. The van der Waals surface area contributed by atoms with Crippen molar-refractivity contribution in [1.82, 2.24) is 5.32 Å². The van der Waals surface area contributed by atoms with Crippen molar-refractivity contribution in [3.63, 3.8) is 0 Å². The first-order valence-corrected chi connectivity index (χ1v) is 25.5. The number of ketones is 1. The van der Waals surface area contributed by atoms with Crippen LogP contribution in [0.1, 0.15) is 160 Å². The first kappa shape index (κ1) is 43.6. The zero-order chi connectivity index (χ0) is 41.7. The lowest BCUT2D eigenvalue weighted by Crippen LogP contribution is -2.58. The van der Waals surface area contributed by atoms with Crippen molar-refractivity contribution in [1.29, 1.82) is 0 Å². The van der Waals surface area contributed by atoms with Gasteiger partial charge in [0.25, 0.3) is 10.1 Å². The van der Waals surface area contributed by atoms with E-state index in [4.69, 9.17) is 14.0 Å². The number of nitrogens with one attached hydrogen (secondary N) is 1. The first-order valence-electron chi connectivity index (χ1n) is 23.9. The predicted molar refractivity (Wildman–Crippen MR) is 230 cm³/mol. The van der Waals surface area contributed by atoms with E-state index in [2.05, 4.69) is 51.2 Å². The molecule has 0 aliphatic heterocycles. The van der Waals surface area contributed by atoms with Crippen LogP contribution in [0.25, 0.3) is 0 Å². The molecule has 0 spiro atoms. The van der Waals surface area contributed by atoms with Crippen molar-refractivity contribution in [3.05, 3.63) is 29.3 Å². The van der Waals surface area contributed by atoms with Gasteiger partial charge in [0.15, 0.2) is 0 Å². The van der Waals surface area contributed by atoms with E-state index >= 15 is 0 Å². The molecule has 0 bridgehead atoms. The molecule has 6 saturated carbocycles. The second-order valence-electron chi connectivity index (χ2n) is 21.5. The summed E-state index contributed by atoms with van der Waals surface area (Å²) in [5.74, 6) is 5.52. The monoisotopic (exact) mass is 838 g/mol. The third kappa shape index (κ3) is 8.57. The van der Waals surface area contributed by atoms with Crippen LogP contribution in [0.2, 0.25) is 0 Å². The standard InChI is InChI=1S/C49H75NO8S/c1-31(8-17-45(53)50-24-27-59(54,55)56)39-13-14-41-46-42(20-23-48(39,41)3)47(2)21-18-35(29-33(47)30-43(46)51)58-26-7-5-6-25-57-34-10-12-36-32(28-34)9-11-38-37(36)19-22-49(4)40(38)15-16-44(49)52/h10,12,28,31,33,35,37-43,46,51H,5-9,11,13-27,29-30H2,1-4H3,(H,50,53)(H,54,55,56)/t31-,33?,35-,37?,38?,39-,40?,41+,42+,43+,46?,47+,48-,49-/m0/s1. The third-order valence-corrected chi connectivity index (χ3v) is 19.4. The van der Waals surface area contributed by atoms with E-state index in [0.717, 1.165) is 109 Å².